The minimum atomic E-state index is -0.468. The maximum absolute atomic E-state index is 13.1. The standard InChI is InChI=1S/C18H10N4O3S/c1-9-15(23)19-18-22(20-9)13-14(26-18)17(25)21(16(13)24)12-8-4-6-10-5-2-3-7-11(10)12/h2-8H,1H3. The number of nitrogens with zero attached hydrogens (tertiary/aromatic N) is 4. The summed E-state index contributed by atoms with van der Waals surface area (Å²) in [6, 6.07) is 13.0. The third kappa shape index (κ3) is 1.84. The summed E-state index contributed by atoms with van der Waals surface area (Å²) in [6.45, 7) is 1.52. The second-order valence-electron chi connectivity index (χ2n) is 5.92. The molecule has 2 amide bonds. The molecule has 5 rings (SSSR count). The van der Waals surface area contributed by atoms with Crippen molar-refractivity contribution in [2.45, 2.75) is 6.92 Å². The Labute approximate surface area is 150 Å². The molecule has 26 heavy (non-hydrogen) atoms. The lowest BCUT2D eigenvalue weighted by Gasteiger charge is -2.16. The topological polar surface area (TPSA) is 84.6 Å². The molecule has 3 heterocycles. The Morgan fingerprint density at radius 1 is 0.962 bits per heavy atom. The van der Waals surface area contributed by atoms with Crippen LogP contribution in [0.25, 0.3) is 15.7 Å². The van der Waals surface area contributed by atoms with Gasteiger partial charge in [-0.1, -0.05) is 47.7 Å². The molecule has 2 aromatic carbocycles. The number of hydrogen-bond donors (Lipinski definition) is 0. The van der Waals surface area contributed by atoms with Crippen molar-refractivity contribution in [1.29, 1.82) is 0 Å². The van der Waals surface area contributed by atoms with E-state index < -0.39 is 17.4 Å². The van der Waals surface area contributed by atoms with E-state index in [2.05, 4.69) is 10.1 Å². The van der Waals surface area contributed by atoms with Crippen molar-refractivity contribution < 1.29 is 9.59 Å². The summed E-state index contributed by atoms with van der Waals surface area (Å²) in [7, 11) is 0. The molecule has 0 unspecified atom stereocenters. The Morgan fingerprint density at radius 2 is 1.73 bits per heavy atom. The first-order valence-electron chi connectivity index (χ1n) is 7.83. The van der Waals surface area contributed by atoms with Crippen LogP contribution in [0.2, 0.25) is 0 Å². The van der Waals surface area contributed by atoms with E-state index >= 15 is 0 Å². The van der Waals surface area contributed by atoms with Crippen LogP contribution >= 0.6 is 11.3 Å². The molecule has 0 fully saturated rings. The van der Waals surface area contributed by atoms with Gasteiger partial charge in [0.1, 0.15) is 10.6 Å². The van der Waals surface area contributed by atoms with E-state index in [1.54, 1.807) is 6.07 Å². The highest BCUT2D eigenvalue weighted by atomic mass is 32.1. The number of fused-ring (bicyclic) bond motifs is 4. The van der Waals surface area contributed by atoms with Gasteiger partial charge in [-0.25, -0.2) is 4.90 Å². The number of amides is 2. The molecule has 2 aromatic heterocycles. The third-order valence-corrected chi connectivity index (χ3v) is 5.39. The molecule has 0 spiro atoms. The monoisotopic (exact) mass is 362 g/mol. The highest BCUT2D eigenvalue weighted by Crippen LogP contribution is 2.36. The lowest BCUT2D eigenvalue weighted by molar-refractivity contribution is 0.0925. The van der Waals surface area contributed by atoms with Crippen molar-refractivity contribution in [2.24, 2.45) is 0 Å². The lowest BCUT2D eigenvalue weighted by Crippen LogP contribution is -2.30. The minimum Gasteiger partial charge on any atom is -0.267 e. The molecule has 0 atom stereocenters. The van der Waals surface area contributed by atoms with Crippen LogP contribution in [0.15, 0.2) is 47.3 Å². The van der Waals surface area contributed by atoms with Crippen LogP contribution in [0.1, 0.15) is 25.9 Å². The van der Waals surface area contributed by atoms with Crippen molar-refractivity contribution in [3.63, 3.8) is 0 Å². The number of thiazole rings is 1. The van der Waals surface area contributed by atoms with E-state index in [0.717, 1.165) is 27.0 Å². The SMILES string of the molecule is Cc1nn2c3c(sc2nc1=O)C(=O)N(c1cccc2ccccc12)C3=O. The summed E-state index contributed by atoms with van der Waals surface area (Å²) < 4.78 is 1.29. The van der Waals surface area contributed by atoms with Crippen LogP contribution < -0.4 is 10.5 Å². The number of benzene rings is 2. The van der Waals surface area contributed by atoms with Crippen LogP contribution in [-0.4, -0.2) is 26.4 Å². The van der Waals surface area contributed by atoms with Gasteiger partial charge in [0.05, 0.1) is 5.69 Å². The summed E-state index contributed by atoms with van der Waals surface area (Å²) in [5.74, 6) is -0.895. The van der Waals surface area contributed by atoms with Crippen molar-refractivity contribution in [1.82, 2.24) is 14.6 Å². The van der Waals surface area contributed by atoms with E-state index in [1.807, 2.05) is 36.4 Å². The Morgan fingerprint density at radius 3 is 2.58 bits per heavy atom. The zero-order valence-corrected chi connectivity index (χ0v) is 14.3. The van der Waals surface area contributed by atoms with Crippen molar-refractivity contribution >= 4 is 44.6 Å². The average molecular weight is 362 g/mol. The Kier molecular flexibility index (Phi) is 2.90. The predicted molar refractivity (Wildman–Crippen MR) is 97.0 cm³/mol. The number of carbonyl (C=O) groups is 2. The molecule has 0 saturated heterocycles. The minimum absolute atomic E-state index is 0.151. The quantitative estimate of drug-likeness (QED) is 0.486. The Hall–Kier alpha value is -3.39. The molecule has 0 bridgehead atoms. The number of aromatic nitrogens is 3. The summed E-state index contributed by atoms with van der Waals surface area (Å²) in [4.78, 5) is 43.3. The molecule has 8 heteroatoms. The molecule has 1 aliphatic heterocycles. The van der Waals surface area contributed by atoms with E-state index in [9.17, 15) is 14.4 Å². The fraction of sp³-hybridized carbons (Fsp3) is 0.0556. The van der Waals surface area contributed by atoms with Crippen LogP contribution in [0, 0.1) is 6.92 Å². The molecule has 4 aromatic rings. The van der Waals surface area contributed by atoms with Gasteiger partial charge in [0.2, 0.25) is 4.96 Å². The normalized spacial score (nSPS) is 13.8. The van der Waals surface area contributed by atoms with E-state index in [-0.39, 0.29) is 21.2 Å². The zero-order valence-electron chi connectivity index (χ0n) is 13.5. The fourth-order valence-electron chi connectivity index (χ4n) is 3.15. The smallest absolute Gasteiger partial charge is 0.267 e. The van der Waals surface area contributed by atoms with Crippen molar-refractivity contribution in [3.05, 3.63) is 69.1 Å². The number of anilines is 1. The van der Waals surface area contributed by atoms with Crippen molar-refractivity contribution in [2.75, 3.05) is 4.90 Å². The van der Waals surface area contributed by atoms with Gasteiger partial charge in [-0.05, 0) is 18.4 Å². The number of imide groups is 1. The van der Waals surface area contributed by atoms with Gasteiger partial charge >= 0.3 is 0 Å². The van der Waals surface area contributed by atoms with Gasteiger partial charge in [-0.15, -0.1) is 0 Å². The van der Waals surface area contributed by atoms with E-state index in [4.69, 9.17) is 0 Å². The van der Waals surface area contributed by atoms with Crippen LogP contribution in [0.4, 0.5) is 5.69 Å². The number of carbonyl (C=O) groups excluding carboxylic acids is 2. The highest BCUT2D eigenvalue weighted by molar-refractivity contribution is 7.19. The van der Waals surface area contributed by atoms with Crippen LogP contribution in [0.5, 0.6) is 0 Å². The summed E-state index contributed by atoms with van der Waals surface area (Å²) >= 11 is 1.00. The molecule has 0 radical (unpaired) electrons. The van der Waals surface area contributed by atoms with Gasteiger partial charge in [0.15, 0.2) is 5.69 Å². The molecule has 126 valence electrons. The largest absolute Gasteiger partial charge is 0.295 e. The fourth-order valence-corrected chi connectivity index (χ4v) is 4.13. The zero-order chi connectivity index (χ0) is 18.0. The molecule has 0 N–H and O–H groups in total. The molecule has 7 nitrogen and oxygen atoms in total. The predicted octanol–water partition coefficient (Wildman–Crippen LogP) is 2.41. The van der Waals surface area contributed by atoms with Crippen LogP contribution in [-0.2, 0) is 0 Å². The number of aryl methyl sites for hydroxylation is 1. The summed E-state index contributed by atoms with van der Waals surface area (Å²) in [5.41, 5.74) is 0.390. The lowest BCUT2D eigenvalue weighted by atomic mass is 10.1. The third-order valence-electron chi connectivity index (χ3n) is 4.37. The van der Waals surface area contributed by atoms with Gasteiger partial charge in [-0.2, -0.15) is 14.6 Å². The highest BCUT2D eigenvalue weighted by Gasteiger charge is 2.42. The summed E-state index contributed by atoms with van der Waals surface area (Å²) in [5, 5.41) is 5.88. The molecule has 1 aliphatic rings. The second-order valence-corrected chi connectivity index (χ2v) is 6.90. The molecule has 0 aliphatic carbocycles. The first kappa shape index (κ1) is 14.9. The van der Waals surface area contributed by atoms with Gasteiger partial charge < -0.3 is 0 Å². The van der Waals surface area contributed by atoms with E-state index in [1.165, 1.54) is 11.4 Å². The van der Waals surface area contributed by atoms with Gasteiger partial charge in [0, 0.05) is 5.39 Å². The Balaban J connectivity index is 1.76. The Bertz CT molecular complexity index is 1320. The number of rotatable bonds is 1. The van der Waals surface area contributed by atoms with Crippen molar-refractivity contribution in [3.8, 4) is 0 Å². The first-order chi connectivity index (χ1) is 12.6. The molecular formula is C18H10N4O3S. The van der Waals surface area contributed by atoms with Gasteiger partial charge in [0.25, 0.3) is 17.4 Å². The molecule has 0 saturated carbocycles. The van der Waals surface area contributed by atoms with Crippen LogP contribution in [0.3, 0.4) is 0 Å². The maximum Gasteiger partial charge on any atom is 0.295 e. The molecular weight excluding hydrogens is 352 g/mol. The average Bonchev–Trinajstić information content (AvgIpc) is 3.11. The van der Waals surface area contributed by atoms with Gasteiger partial charge in [-0.3, -0.25) is 14.4 Å². The van der Waals surface area contributed by atoms with E-state index in [0.29, 0.717) is 5.69 Å². The maximum atomic E-state index is 13.1. The first-order valence-corrected chi connectivity index (χ1v) is 8.65. The second kappa shape index (κ2) is 5.06. The summed E-state index contributed by atoms with van der Waals surface area (Å²) in [6.07, 6.45) is 0. The number of hydrogen-bond acceptors (Lipinski definition) is 6.